The lowest BCUT2D eigenvalue weighted by molar-refractivity contribution is 0.0691. The molecule has 0 aliphatic carbocycles. The molecule has 0 spiro atoms. The maximum atomic E-state index is 11.2. The monoisotopic (exact) mass is 327 g/mol. The summed E-state index contributed by atoms with van der Waals surface area (Å²) in [6.07, 6.45) is 1.62. The third-order valence-electron chi connectivity index (χ3n) is 3.26. The van der Waals surface area contributed by atoms with E-state index < -0.39 is 5.97 Å². The van der Waals surface area contributed by atoms with E-state index in [1.807, 2.05) is 17.5 Å². The van der Waals surface area contributed by atoms with Crippen molar-refractivity contribution in [3.63, 3.8) is 0 Å². The topological polar surface area (TPSA) is 95.1 Å². The van der Waals surface area contributed by atoms with Gasteiger partial charge in [0.2, 0.25) is 0 Å². The van der Waals surface area contributed by atoms with Crippen LogP contribution in [-0.2, 0) is 0 Å². The molecule has 0 bridgehead atoms. The number of anilines is 2. The zero-order chi connectivity index (χ0) is 16.4. The molecule has 3 rings (SSSR count). The number of benzene rings is 1. The molecule has 0 amide bonds. The van der Waals surface area contributed by atoms with Crippen LogP contribution in [-0.4, -0.2) is 26.8 Å². The van der Waals surface area contributed by atoms with Crippen LogP contribution in [0.15, 0.2) is 41.9 Å². The summed E-state index contributed by atoms with van der Waals surface area (Å²) < 4.78 is 0. The lowest BCUT2D eigenvalue weighted by atomic mass is 10.1. The summed E-state index contributed by atoms with van der Waals surface area (Å²) in [5.74, 6) is -0.981. The van der Waals surface area contributed by atoms with Gasteiger partial charge in [0.05, 0.1) is 5.69 Å². The van der Waals surface area contributed by atoms with E-state index in [0.29, 0.717) is 16.4 Å². The largest absolute Gasteiger partial charge is 0.477 e. The molecule has 0 aliphatic rings. The van der Waals surface area contributed by atoms with Crippen LogP contribution in [0, 0.1) is 0 Å². The molecule has 1 aromatic carbocycles. The Morgan fingerprint density at radius 3 is 2.61 bits per heavy atom. The Morgan fingerprint density at radius 2 is 2.00 bits per heavy atom. The summed E-state index contributed by atoms with van der Waals surface area (Å²) in [5, 5.41) is 14.6. The third kappa shape index (κ3) is 3.29. The summed E-state index contributed by atoms with van der Waals surface area (Å²) in [7, 11) is 0. The van der Waals surface area contributed by atoms with Crippen LogP contribution in [0.1, 0.15) is 27.8 Å². The van der Waals surface area contributed by atoms with Gasteiger partial charge in [-0.15, -0.1) is 11.3 Å². The van der Waals surface area contributed by atoms with Gasteiger partial charge in [0.1, 0.15) is 5.69 Å². The first kappa shape index (κ1) is 15.0. The van der Waals surface area contributed by atoms with Crippen LogP contribution in [0.4, 0.5) is 10.8 Å². The van der Waals surface area contributed by atoms with Crippen LogP contribution >= 0.6 is 11.3 Å². The number of aromatic nitrogens is 2. The molecule has 23 heavy (non-hydrogen) atoms. The molecular formula is C16H13N3O3S. The van der Waals surface area contributed by atoms with Crippen molar-refractivity contribution >= 4 is 33.9 Å². The Labute approximate surface area is 135 Å². The van der Waals surface area contributed by atoms with Gasteiger partial charge in [-0.3, -0.25) is 4.79 Å². The molecule has 0 aliphatic heterocycles. The van der Waals surface area contributed by atoms with E-state index in [0.717, 1.165) is 11.3 Å². The van der Waals surface area contributed by atoms with E-state index in [4.69, 9.17) is 5.11 Å². The maximum Gasteiger partial charge on any atom is 0.352 e. The first-order chi connectivity index (χ1) is 11.0. The number of hydrogen-bond donors (Lipinski definition) is 3. The van der Waals surface area contributed by atoms with Gasteiger partial charge in [0.25, 0.3) is 0 Å². The fourth-order valence-electron chi connectivity index (χ4n) is 2.04. The fourth-order valence-corrected chi connectivity index (χ4v) is 2.78. The molecule has 0 atom stereocenters. The average Bonchev–Trinajstić information content (AvgIpc) is 3.16. The van der Waals surface area contributed by atoms with Crippen molar-refractivity contribution in [2.24, 2.45) is 0 Å². The Kier molecular flexibility index (Phi) is 3.94. The highest BCUT2D eigenvalue weighted by Gasteiger charge is 2.10. The van der Waals surface area contributed by atoms with Crippen LogP contribution < -0.4 is 5.32 Å². The van der Waals surface area contributed by atoms with Gasteiger partial charge >= 0.3 is 5.97 Å². The molecule has 0 fully saturated rings. The summed E-state index contributed by atoms with van der Waals surface area (Å²) in [6, 6.07) is 8.69. The van der Waals surface area contributed by atoms with Crippen molar-refractivity contribution in [3.05, 3.63) is 53.2 Å². The quantitative estimate of drug-likeness (QED) is 0.620. The van der Waals surface area contributed by atoms with Gasteiger partial charge in [-0.05, 0) is 37.3 Å². The second-order valence-corrected chi connectivity index (χ2v) is 5.76. The standard InChI is InChI=1S/C16H13N3O3S/c1-9(20)10-2-4-12(5-3-10)18-16-19-14(8-23-16)11-6-13(15(21)22)17-7-11/h2-8,17H,1H3,(H,18,19)(H,21,22). The number of aromatic carboxylic acids is 1. The first-order valence-corrected chi connectivity index (χ1v) is 7.66. The van der Waals surface area contributed by atoms with E-state index in [1.54, 1.807) is 24.4 Å². The van der Waals surface area contributed by atoms with Crippen LogP contribution in [0.2, 0.25) is 0 Å². The Morgan fingerprint density at radius 1 is 1.26 bits per heavy atom. The number of hydrogen-bond acceptors (Lipinski definition) is 5. The molecule has 3 aromatic rings. The highest BCUT2D eigenvalue weighted by molar-refractivity contribution is 7.14. The van der Waals surface area contributed by atoms with Gasteiger partial charge < -0.3 is 15.4 Å². The van der Waals surface area contributed by atoms with Crippen molar-refractivity contribution in [2.75, 3.05) is 5.32 Å². The summed E-state index contributed by atoms with van der Waals surface area (Å²) in [4.78, 5) is 29.3. The van der Waals surface area contributed by atoms with E-state index in [1.165, 1.54) is 18.3 Å². The van der Waals surface area contributed by atoms with Gasteiger partial charge in [-0.2, -0.15) is 0 Å². The molecule has 2 aromatic heterocycles. The van der Waals surface area contributed by atoms with Crippen molar-refractivity contribution in [2.45, 2.75) is 6.92 Å². The minimum atomic E-state index is -1.00. The lowest BCUT2D eigenvalue weighted by Gasteiger charge is -2.03. The summed E-state index contributed by atoms with van der Waals surface area (Å²) in [5.41, 5.74) is 3.03. The highest BCUT2D eigenvalue weighted by Crippen LogP contribution is 2.27. The number of nitrogens with zero attached hydrogens (tertiary/aromatic N) is 1. The minimum Gasteiger partial charge on any atom is -0.477 e. The Balaban J connectivity index is 1.76. The van der Waals surface area contributed by atoms with E-state index >= 15 is 0 Å². The molecule has 2 heterocycles. The normalized spacial score (nSPS) is 10.5. The number of aromatic amines is 1. The molecule has 0 unspecified atom stereocenters. The van der Waals surface area contributed by atoms with E-state index in [2.05, 4.69) is 15.3 Å². The highest BCUT2D eigenvalue weighted by atomic mass is 32.1. The predicted molar refractivity (Wildman–Crippen MR) is 88.6 cm³/mol. The van der Waals surface area contributed by atoms with Crippen molar-refractivity contribution in [1.82, 2.24) is 9.97 Å². The molecule has 0 saturated carbocycles. The Hall–Kier alpha value is -2.93. The van der Waals surface area contributed by atoms with Crippen molar-refractivity contribution in [1.29, 1.82) is 0 Å². The number of thiazole rings is 1. The second kappa shape index (κ2) is 6.05. The van der Waals surface area contributed by atoms with E-state index in [-0.39, 0.29) is 11.5 Å². The number of carbonyl (C=O) groups is 2. The number of ketones is 1. The summed E-state index contributed by atoms with van der Waals surface area (Å²) in [6.45, 7) is 1.53. The smallest absolute Gasteiger partial charge is 0.352 e. The number of nitrogens with one attached hydrogen (secondary N) is 2. The number of carboxylic acid groups (broad SMARTS) is 1. The number of carbonyl (C=O) groups excluding carboxylic acids is 1. The predicted octanol–water partition coefficient (Wildman–Crippen LogP) is 3.78. The number of H-pyrrole nitrogens is 1. The lowest BCUT2D eigenvalue weighted by Crippen LogP contribution is -1.94. The third-order valence-corrected chi connectivity index (χ3v) is 4.01. The first-order valence-electron chi connectivity index (χ1n) is 6.78. The zero-order valence-electron chi connectivity index (χ0n) is 12.2. The molecular weight excluding hydrogens is 314 g/mol. The number of Topliss-reactive ketones (excluding diaryl/α,β-unsaturated/α-hetero) is 1. The minimum absolute atomic E-state index is 0.0229. The average molecular weight is 327 g/mol. The number of carboxylic acids is 1. The van der Waals surface area contributed by atoms with Gasteiger partial charge in [0, 0.05) is 28.4 Å². The molecule has 0 saturated heterocycles. The second-order valence-electron chi connectivity index (χ2n) is 4.90. The SMILES string of the molecule is CC(=O)c1ccc(Nc2nc(-c3c[nH]c(C(=O)O)c3)cs2)cc1. The van der Waals surface area contributed by atoms with Crippen LogP contribution in [0.25, 0.3) is 11.3 Å². The van der Waals surface area contributed by atoms with Crippen molar-refractivity contribution < 1.29 is 14.7 Å². The maximum absolute atomic E-state index is 11.2. The Bertz CT molecular complexity index is 865. The van der Waals surface area contributed by atoms with Crippen LogP contribution in [0.3, 0.4) is 0 Å². The van der Waals surface area contributed by atoms with Gasteiger partial charge in [0.15, 0.2) is 10.9 Å². The van der Waals surface area contributed by atoms with Crippen molar-refractivity contribution in [3.8, 4) is 11.3 Å². The molecule has 6 nitrogen and oxygen atoms in total. The molecule has 3 N–H and O–H groups in total. The summed E-state index contributed by atoms with van der Waals surface area (Å²) >= 11 is 1.42. The molecule has 7 heteroatoms. The van der Waals surface area contributed by atoms with E-state index in [9.17, 15) is 9.59 Å². The van der Waals surface area contributed by atoms with Gasteiger partial charge in [-0.25, -0.2) is 9.78 Å². The molecule has 0 radical (unpaired) electrons. The fraction of sp³-hybridized carbons (Fsp3) is 0.0625. The zero-order valence-corrected chi connectivity index (χ0v) is 13.0. The number of rotatable bonds is 5. The van der Waals surface area contributed by atoms with Crippen LogP contribution in [0.5, 0.6) is 0 Å². The van der Waals surface area contributed by atoms with Gasteiger partial charge in [-0.1, -0.05) is 0 Å². The molecule has 116 valence electrons.